The highest BCUT2D eigenvalue weighted by Gasteiger charge is 2.21. The lowest BCUT2D eigenvalue weighted by molar-refractivity contribution is -0.120. The number of rotatable bonds is 10. The molecule has 11 nitrogen and oxygen atoms in total. The highest BCUT2D eigenvalue weighted by atomic mass is 35.5. The van der Waals surface area contributed by atoms with Crippen molar-refractivity contribution in [3.8, 4) is 11.1 Å². The van der Waals surface area contributed by atoms with Gasteiger partial charge in [-0.05, 0) is 47.5 Å². The number of amides is 3. The number of hydrazine groups is 2. The topological polar surface area (TPSA) is 143 Å². The molecular weight excluding hydrogens is 586 g/mol. The average molecular weight is 613 g/mol. The van der Waals surface area contributed by atoms with E-state index in [1.165, 1.54) is 5.12 Å². The molecule has 3 aromatic carbocycles. The number of hydrogen-bond donors (Lipinski definition) is 6. The normalized spacial score (nSPS) is 15.0. The van der Waals surface area contributed by atoms with Gasteiger partial charge in [0.05, 0.1) is 46.1 Å². The van der Waals surface area contributed by atoms with Crippen molar-refractivity contribution in [3.63, 3.8) is 0 Å². The van der Waals surface area contributed by atoms with Crippen LogP contribution in [0.4, 0.5) is 10.1 Å². The molecule has 0 spiro atoms. The minimum absolute atomic E-state index is 0.113. The third kappa shape index (κ3) is 7.15. The van der Waals surface area contributed by atoms with E-state index in [-0.39, 0.29) is 48.3 Å². The van der Waals surface area contributed by atoms with E-state index in [1.807, 2.05) is 18.2 Å². The molecule has 1 aliphatic rings. The predicted octanol–water partition coefficient (Wildman–Crippen LogP) is 3.30. The summed E-state index contributed by atoms with van der Waals surface area (Å²) in [5.74, 6) is -1.36. The fourth-order valence-corrected chi connectivity index (χ4v) is 5.03. The molecule has 2 heterocycles. The summed E-state index contributed by atoms with van der Waals surface area (Å²) in [6, 6.07) is 15.7. The van der Waals surface area contributed by atoms with Crippen LogP contribution in [0.25, 0.3) is 22.0 Å². The van der Waals surface area contributed by atoms with Gasteiger partial charge in [0, 0.05) is 30.6 Å². The number of H-pyrrole nitrogens is 1. The first-order chi connectivity index (χ1) is 20.3. The lowest BCUT2D eigenvalue weighted by atomic mass is 10.0. The van der Waals surface area contributed by atoms with Crippen LogP contribution in [0.5, 0.6) is 0 Å². The van der Waals surface area contributed by atoms with Crippen molar-refractivity contribution in [2.45, 2.75) is 6.17 Å². The summed E-state index contributed by atoms with van der Waals surface area (Å²) in [5.41, 5.74) is 9.35. The van der Waals surface area contributed by atoms with Gasteiger partial charge in [-0.1, -0.05) is 41.4 Å². The van der Waals surface area contributed by atoms with Crippen molar-refractivity contribution < 1.29 is 18.8 Å². The Morgan fingerprint density at radius 2 is 1.74 bits per heavy atom. The van der Waals surface area contributed by atoms with Gasteiger partial charge in [0.2, 0.25) is 5.91 Å². The van der Waals surface area contributed by atoms with E-state index in [1.54, 1.807) is 42.6 Å². The van der Waals surface area contributed by atoms with Gasteiger partial charge >= 0.3 is 0 Å². The molecule has 14 heteroatoms. The number of hydrogen-bond acceptors (Lipinski definition) is 7. The Bertz CT molecular complexity index is 1610. The largest absolute Gasteiger partial charge is 0.353 e. The minimum Gasteiger partial charge on any atom is -0.353 e. The van der Waals surface area contributed by atoms with Crippen LogP contribution in [-0.2, 0) is 4.79 Å². The molecule has 0 saturated carbocycles. The van der Waals surface area contributed by atoms with Gasteiger partial charge in [0.15, 0.2) is 0 Å². The number of carbonyl (C=O) groups excluding carboxylic acids is 3. The predicted molar refractivity (Wildman–Crippen MR) is 159 cm³/mol. The SMILES string of the molecule is O=C(CNC(=O)c1cccc(NN2CC(F)CN2)c1)NCCNC(=O)c1c(Cl)cc(-c2ccc3cn[nH]c3c2)cc1Cl. The van der Waals surface area contributed by atoms with Crippen molar-refractivity contribution in [1.82, 2.24) is 36.7 Å². The summed E-state index contributed by atoms with van der Waals surface area (Å²) in [6.45, 7) is 0.363. The maximum absolute atomic E-state index is 13.3. The highest BCUT2D eigenvalue weighted by molar-refractivity contribution is 6.40. The van der Waals surface area contributed by atoms with Gasteiger partial charge in [0.1, 0.15) is 6.17 Å². The molecule has 218 valence electrons. The highest BCUT2D eigenvalue weighted by Crippen LogP contribution is 2.32. The second kappa shape index (κ2) is 13.2. The molecule has 1 fully saturated rings. The number of nitrogens with one attached hydrogen (secondary N) is 6. The van der Waals surface area contributed by atoms with E-state index in [4.69, 9.17) is 23.2 Å². The molecule has 0 bridgehead atoms. The van der Waals surface area contributed by atoms with E-state index in [0.717, 1.165) is 22.0 Å². The Balaban J connectivity index is 1.06. The molecule has 1 unspecified atom stereocenters. The first-order valence-electron chi connectivity index (χ1n) is 13.0. The van der Waals surface area contributed by atoms with Crippen LogP contribution >= 0.6 is 23.2 Å². The van der Waals surface area contributed by atoms with E-state index in [0.29, 0.717) is 11.3 Å². The van der Waals surface area contributed by atoms with Crippen LogP contribution in [0.2, 0.25) is 10.0 Å². The van der Waals surface area contributed by atoms with Gasteiger partial charge in [-0.3, -0.25) is 19.5 Å². The maximum atomic E-state index is 13.3. The minimum atomic E-state index is -0.979. The number of halogens is 3. The van der Waals surface area contributed by atoms with Gasteiger partial charge in [-0.15, -0.1) is 0 Å². The summed E-state index contributed by atoms with van der Waals surface area (Å²) >= 11 is 12.8. The molecular formula is C28H27Cl2FN8O3. The second-order valence-electron chi connectivity index (χ2n) is 9.54. The zero-order chi connectivity index (χ0) is 29.6. The smallest absolute Gasteiger partial charge is 0.254 e. The number of alkyl halides is 1. The van der Waals surface area contributed by atoms with E-state index in [9.17, 15) is 18.8 Å². The van der Waals surface area contributed by atoms with Gasteiger partial charge in [-0.2, -0.15) is 10.2 Å². The molecule has 4 aromatic rings. The van der Waals surface area contributed by atoms with Crippen LogP contribution in [0, 0.1) is 0 Å². The molecule has 3 amide bonds. The fourth-order valence-electron chi connectivity index (χ4n) is 4.37. The van der Waals surface area contributed by atoms with Gasteiger partial charge in [-0.25, -0.2) is 9.82 Å². The van der Waals surface area contributed by atoms with Crippen molar-refractivity contribution in [1.29, 1.82) is 0 Å². The molecule has 1 atom stereocenters. The van der Waals surface area contributed by atoms with Crippen LogP contribution < -0.4 is 26.8 Å². The lowest BCUT2D eigenvalue weighted by Crippen LogP contribution is -2.40. The maximum Gasteiger partial charge on any atom is 0.254 e. The zero-order valence-electron chi connectivity index (χ0n) is 22.1. The summed E-state index contributed by atoms with van der Waals surface area (Å²) in [7, 11) is 0. The van der Waals surface area contributed by atoms with Crippen LogP contribution in [-0.4, -0.2) is 71.9 Å². The Kier molecular flexibility index (Phi) is 9.18. The van der Waals surface area contributed by atoms with E-state index >= 15 is 0 Å². The summed E-state index contributed by atoms with van der Waals surface area (Å²) in [6.07, 6.45) is 0.746. The standard InChI is InChI=1S/C28H27Cl2FN8O3/c29-22-9-19(16-4-5-18-12-35-37-24(18)11-16)10-23(30)26(22)28(42)33-7-6-32-25(40)14-34-27(41)17-2-1-3-21(8-17)38-39-15-20(31)13-36-39/h1-5,8-12,20,36,38H,6-7,13-15H2,(H,32,40)(H,33,42)(H,34,41)(H,35,37). The number of aromatic amines is 1. The first kappa shape index (κ1) is 29.3. The third-order valence-corrected chi connectivity index (χ3v) is 7.06. The number of carbonyl (C=O) groups is 3. The van der Waals surface area contributed by atoms with Crippen molar-refractivity contribution in [3.05, 3.63) is 82.0 Å². The average Bonchev–Trinajstić information content (AvgIpc) is 3.61. The first-order valence-corrected chi connectivity index (χ1v) is 13.8. The summed E-state index contributed by atoms with van der Waals surface area (Å²) in [4.78, 5) is 37.5. The number of fused-ring (bicyclic) bond motifs is 1. The van der Waals surface area contributed by atoms with Gasteiger partial charge in [0.25, 0.3) is 11.8 Å². The Morgan fingerprint density at radius 1 is 0.952 bits per heavy atom. The van der Waals surface area contributed by atoms with Crippen LogP contribution in [0.1, 0.15) is 20.7 Å². The summed E-state index contributed by atoms with van der Waals surface area (Å²) < 4.78 is 13.3. The molecule has 0 radical (unpaired) electrons. The fraction of sp³-hybridized carbons (Fsp3) is 0.214. The Hall–Kier alpha value is -4.23. The van der Waals surface area contributed by atoms with Crippen molar-refractivity contribution >= 4 is 57.5 Å². The van der Waals surface area contributed by atoms with Crippen LogP contribution in [0.3, 0.4) is 0 Å². The Morgan fingerprint density at radius 3 is 2.50 bits per heavy atom. The van der Waals surface area contributed by atoms with Crippen LogP contribution in [0.15, 0.2) is 60.8 Å². The number of anilines is 1. The molecule has 1 saturated heterocycles. The summed E-state index contributed by atoms with van der Waals surface area (Å²) in [5, 5.41) is 17.6. The number of benzene rings is 3. The molecule has 1 aromatic heterocycles. The van der Waals surface area contributed by atoms with E-state index in [2.05, 4.69) is 37.0 Å². The van der Waals surface area contributed by atoms with Gasteiger partial charge < -0.3 is 21.4 Å². The third-order valence-electron chi connectivity index (χ3n) is 6.46. The van der Waals surface area contributed by atoms with Crippen molar-refractivity contribution in [2.75, 3.05) is 38.1 Å². The second-order valence-corrected chi connectivity index (χ2v) is 10.4. The quantitative estimate of drug-likeness (QED) is 0.151. The molecule has 0 aliphatic carbocycles. The van der Waals surface area contributed by atoms with E-state index < -0.39 is 23.9 Å². The lowest BCUT2D eigenvalue weighted by Gasteiger charge is -2.18. The molecule has 6 N–H and O–H groups in total. The molecule has 42 heavy (non-hydrogen) atoms. The molecule has 5 rings (SSSR count). The Labute approximate surface area is 250 Å². The monoisotopic (exact) mass is 612 g/mol. The number of nitrogens with zero attached hydrogens (tertiary/aromatic N) is 2. The molecule has 1 aliphatic heterocycles. The van der Waals surface area contributed by atoms with Crippen molar-refractivity contribution in [2.24, 2.45) is 0 Å². The zero-order valence-corrected chi connectivity index (χ0v) is 23.7. The number of aromatic nitrogens is 2.